The van der Waals surface area contributed by atoms with Crippen LogP contribution in [0, 0.1) is 5.82 Å². The normalized spacial score (nSPS) is 10.3. The number of aromatic nitrogens is 1. The molecule has 0 aliphatic carbocycles. The van der Waals surface area contributed by atoms with Crippen LogP contribution in [0.25, 0.3) is 0 Å². The number of nitrogens with zero attached hydrogens (tertiary/aromatic N) is 2. The number of carbonyl (C=O) groups is 1. The molecule has 0 radical (unpaired) electrons. The Hall–Kier alpha value is -3.21. The first-order valence-corrected chi connectivity index (χ1v) is 7.90. The summed E-state index contributed by atoms with van der Waals surface area (Å²) in [6.07, 6.45) is 1.59. The Labute approximate surface area is 145 Å². The molecule has 1 aromatic heterocycles. The SMILES string of the molecule is CN(Cc1ccccc1)c1ccc(NC(=O)c2cccc(F)c2)cn1. The predicted octanol–water partition coefficient (Wildman–Crippen LogP) is 4.11. The Bertz CT molecular complexity index is 850. The molecule has 3 rings (SSSR count). The first-order valence-electron chi connectivity index (χ1n) is 7.90. The van der Waals surface area contributed by atoms with Gasteiger partial charge in [-0.15, -0.1) is 0 Å². The van der Waals surface area contributed by atoms with Crippen LogP contribution in [0.5, 0.6) is 0 Å². The van der Waals surface area contributed by atoms with E-state index < -0.39 is 5.82 Å². The highest BCUT2D eigenvalue weighted by Crippen LogP contribution is 2.16. The average molecular weight is 335 g/mol. The highest BCUT2D eigenvalue weighted by Gasteiger charge is 2.08. The second-order valence-electron chi connectivity index (χ2n) is 5.71. The molecule has 0 atom stereocenters. The van der Waals surface area contributed by atoms with Crippen molar-refractivity contribution in [3.8, 4) is 0 Å². The summed E-state index contributed by atoms with van der Waals surface area (Å²) in [6.45, 7) is 0.739. The van der Waals surface area contributed by atoms with Gasteiger partial charge in [-0.2, -0.15) is 0 Å². The van der Waals surface area contributed by atoms with Gasteiger partial charge in [-0.25, -0.2) is 9.37 Å². The third-order valence-electron chi connectivity index (χ3n) is 3.75. The van der Waals surface area contributed by atoms with Crippen molar-refractivity contribution in [1.82, 2.24) is 4.98 Å². The smallest absolute Gasteiger partial charge is 0.255 e. The number of halogens is 1. The third kappa shape index (κ3) is 4.41. The van der Waals surface area contributed by atoms with Crippen LogP contribution in [-0.2, 0) is 6.54 Å². The van der Waals surface area contributed by atoms with E-state index in [-0.39, 0.29) is 11.5 Å². The van der Waals surface area contributed by atoms with Gasteiger partial charge in [0.05, 0.1) is 11.9 Å². The number of amides is 1. The zero-order valence-corrected chi connectivity index (χ0v) is 13.8. The van der Waals surface area contributed by atoms with E-state index in [0.717, 1.165) is 12.4 Å². The van der Waals surface area contributed by atoms with Crippen LogP contribution in [0.3, 0.4) is 0 Å². The molecule has 0 bridgehead atoms. The molecule has 1 amide bonds. The van der Waals surface area contributed by atoms with E-state index in [2.05, 4.69) is 22.4 Å². The van der Waals surface area contributed by atoms with Gasteiger partial charge >= 0.3 is 0 Å². The Kier molecular flexibility index (Phi) is 5.04. The summed E-state index contributed by atoms with van der Waals surface area (Å²) >= 11 is 0. The van der Waals surface area contributed by atoms with Crippen LogP contribution in [0.15, 0.2) is 72.9 Å². The van der Waals surface area contributed by atoms with Crippen molar-refractivity contribution in [2.24, 2.45) is 0 Å². The molecule has 0 saturated carbocycles. The van der Waals surface area contributed by atoms with Crippen LogP contribution in [0.1, 0.15) is 15.9 Å². The van der Waals surface area contributed by atoms with Crippen LogP contribution in [0.2, 0.25) is 0 Å². The number of hydrogen-bond donors (Lipinski definition) is 1. The summed E-state index contributed by atoms with van der Waals surface area (Å²) in [4.78, 5) is 18.5. The molecule has 25 heavy (non-hydrogen) atoms. The molecule has 0 fully saturated rings. The number of benzene rings is 2. The van der Waals surface area contributed by atoms with Gasteiger partial charge in [0, 0.05) is 19.2 Å². The summed E-state index contributed by atoms with van der Waals surface area (Å²) in [7, 11) is 1.96. The number of nitrogens with one attached hydrogen (secondary N) is 1. The van der Waals surface area contributed by atoms with Gasteiger partial charge in [0.15, 0.2) is 0 Å². The maximum Gasteiger partial charge on any atom is 0.255 e. The summed E-state index contributed by atoms with van der Waals surface area (Å²) in [5.41, 5.74) is 2.02. The first-order chi connectivity index (χ1) is 12.1. The van der Waals surface area contributed by atoms with Crippen LogP contribution in [0.4, 0.5) is 15.9 Å². The molecule has 0 spiro atoms. The van der Waals surface area contributed by atoms with Crippen LogP contribution < -0.4 is 10.2 Å². The molecule has 126 valence electrons. The average Bonchev–Trinajstić information content (AvgIpc) is 2.63. The molecule has 0 unspecified atom stereocenters. The summed E-state index contributed by atoms with van der Waals surface area (Å²) in [5.74, 6) is -0.0112. The molecule has 2 aromatic carbocycles. The van der Waals surface area contributed by atoms with Crippen LogP contribution in [-0.4, -0.2) is 17.9 Å². The fourth-order valence-corrected chi connectivity index (χ4v) is 2.46. The van der Waals surface area contributed by atoms with Crippen molar-refractivity contribution >= 4 is 17.4 Å². The number of anilines is 2. The van der Waals surface area contributed by atoms with E-state index in [1.54, 1.807) is 18.3 Å². The second kappa shape index (κ2) is 7.57. The Morgan fingerprint density at radius 3 is 2.56 bits per heavy atom. The monoisotopic (exact) mass is 335 g/mol. The molecular formula is C20H18FN3O. The van der Waals surface area contributed by atoms with Gasteiger partial charge in [-0.3, -0.25) is 4.79 Å². The lowest BCUT2D eigenvalue weighted by Crippen LogP contribution is -2.18. The second-order valence-corrected chi connectivity index (χ2v) is 5.71. The molecule has 0 saturated heterocycles. The van der Waals surface area contributed by atoms with E-state index in [1.165, 1.54) is 23.8 Å². The van der Waals surface area contributed by atoms with Crippen molar-refractivity contribution in [2.75, 3.05) is 17.3 Å². The van der Waals surface area contributed by atoms with Crippen molar-refractivity contribution in [3.05, 3.63) is 89.9 Å². The maximum atomic E-state index is 13.2. The minimum absolute atomic E-state index is 0.269. The number of hydrogen-bond acceptors (Lipinski definition) is 3. The van der Waals surface area contributed by atoms with Crippen molar-refractivity contribution < 1.29 is 9.18 Å². The molecule has 0 aliphatic heterocycles. The topological polar surface area (TPSA) is 45.2 Å². The lowest BCUT2D eigenvalue weighted by molar-refractivity contribution is 0.102. The van der Waals surface area contributed by atoms with E-state index in [4.69, 9.17) is 0 Å². The zero-order valence-electron chi connectivity index (χ0n) is 13.8. The first kappa shape index (κ1) is 16.6. The Morgan fingerprint density at radius 2 is 1.88 bits per heavy atom. The largest absolute Gasteiger partial charge is 0.355 e. The van der Waals surface area contributed by atoms with Gasteiger partial charge in [0.25, 0.3) is 5.91 Å². The molecule has 1 N–H and O–H groups in total. The van der Waals surface area contributed by atoms with E-state index in [9.17, 15) is 9.18 Å². The maximum absolute atomic E-state index is 13.2. The minimum Gasteiger partial charge on any atom is -0.355 e. The van der Waals surface area contributed by atoms with Crippen molar-refractivity contribution in [2.45, 2.75) is 6.54 Å². The molecule has 0 aliphatic rings. The standard InChI is InChI=1S/C20H18FN3O/c1-24(14-15-6-3-2-4-7-15)19-11-10-18(13-22-19)23-20(25)16-8-5-9-17(21)12-16/h2-13H,14H2,1H3,(H,23,25). The Balaban J connectivity index is 1.64. The van der Waals surface area contributed by atoms with Gasteiger partial charge in [-0.05, 0) is 35.9 Å². The van der Waals surface area contributed by atoms with Crippen LogP contribution >= 0.6 is 0 Å². The summed E-state index contributed by atoms with van der Waals surface area (Å²) < 4.78 is 13.2. The molecule has 4 nitrogen and oxygen atoms in total. The van der Waals surface area contributed by atoms with Crippen molar-refractivity contribution in [1.29, 1.82) is 0 Å². The lowest BCUT2D eigenvalue weighted by atomic mass is 10.2. The van der Waals surface area contributed by atoms with Gasteiger partial charge in [0.1, 0.15) is 11.6 Å². The van der Waals surface area contributed by atoms with Gasteiger partial charge < -0.3 is 10.2 Å². The number of carbonyl (C=O) groups excluding carboxylic acids is 1. The van der Waals surface area contributed by atoms with E-state index in [0.29, 0.717) is 5.69 Å². The quantitative estimate of drug-likeness (QED) is 0.763. The third-order valence-corrected chi connectivity index (χ3v) is 3.75. The van der Waals surface area contributed by atoms with E-state index >= 15 is 0 Å². The molecule has 1 heterocycles. The van der Waals surface area contributed by atoms with Gasteiger partial charge in [-0.1, -0.05) is 36.4 Å². The minimum atomic E-state index is -0.441. The highest BCUT2D eigenvalue weighted by molar-refractivity contribution is 6.04. The fourth-order valence-electron chi connectivity index (χ4n) is 2.46. The molecular weight excluding hydrogens is 317 g/mol. The summed E-state index contributed by atoms with van der Waals surface area (Å²) in [6, 6.07) is 19.3. The number of rotatable bonds is 5. The Morgan fingerprint density at radius 1 is 1.08 bits per heavy atom. The van der Waals surface area contributed by atoms with Crippen molar-refractivity contribution in [3.63, 3.8) is 0 Å². The highest BCUT2D eigenvalue weighted by atomic mass is 19.1. The zero-order chi connectivity index (χ0) is 17.6. The van der Waals surface area contributed by atoms with Gasteiger partial charge in [0.2, 0.25) is 0 Å². The fraction of sp³-hybridized carbons (Fsp3) is 0.100. The lowest BCUT2D eigenvalue weighted by Gasteiger charge is -2.18. The summed E-state index contributed by atoms with van der Waals surface area (Å²) in [5, 5.41) is 2.71. The molecule has 5 heteroatoms. The number of pyridine rings is 1. The molecule has 3 aromatic rings. The van der Waals surface area contributed by atoms with E-state index in [1.807, 2.05) is 36.2 Å². The predicted molar refractivity (Wildman–Crippen MR) is 97.1 cm³/mol.